The number of nitrogens with one attached hydrogen (secondary N) is 1. The van der Waals surface area contributed by atoms with Crippen molar-refractivity contribution < 1.29 is 9.59 Å². The standard InChI is InChI=1S/C20H22N2O2S/c1-15-14-22(17-9-5-6-10-18(17)25-15)20(24)12-11-19(23)21-13-16-7-3-2-4-8-16/h2-10,15H,11-14H2,1H3,(H,21,23)/t15-/m1/s1. The van der Waals surface area contributed by atoms with Gasteiger partial charge >= 0.3 is 0 Å². The lowest BCUT2D eigenvalue weighted by Gasteiger charge is -2.32. The summed E-state index contributed by atoms with van der Waals surface area (Å²) in [5.41, 5.74) is 2.01. The molecule has 0 saturated heterocycles. The Morgan fingerprint density at radius 3 is 2.60 bits per heavy atom. The van der Waals surface area contributed by atoms with Gasteiger partial charge in [0.05, 0.1) is 5.69 Å². The van der Waals surface area contributed by atoms with Gasteiger partial charge in [0.25, 0.3) is 0 Å². The van der Waals surface area contributed by atoms with Crippen LogP contribution in [0, 0.1) is 0 Å². The predicted molar refractivity (Wildman–Crippen MR) is 102 cm³/mol. The molecule has 0 bridgehead atoms. The van der Waals surface area contributed by atoms with E-state index in [1.165, 1.54) is 0 Å². The number of rotatable bonds is 5. The second-order valence-electron chi connectivity index (χ2n) is 6.16. The number of carbonyl (C=O) groups excluding carboxylic acids is 2. The van der Waals surface area contributed by atoms with Crippen LogP contribution in [0.4, 0.5) is 5.69 Å². The molecule has 2 amide bonds. The number of hydrogen-bond acceptors (Lipinski definition) is 3. The van der Waals surface area contributed by atoms with Gasteiger partial charge in [0, 0.05) is 36.1 Å². The quantitative estimate of drug-likeness (QED) is 0.892. The Balaban J connectivity index is 1.53. The monoisotopic (exact) mass is 354 g/mol. The number of benzene rings is 2. The highest BCUT2D eigenvalue weighted by Gasteiger charge is 2.26. The minimum Gasteiger partial charge on any atom is -0.352 e. The van der Waals surface area contributed by atoms with E-state index in [1.807, 2.05) is 59.5 Å². The zero-order valence-corrected chi connectivity index (χ0v) is 15.1. The Morgan fingerprint density at radius 1 is 1.08 bits per heavy atom. The van der Waals surface area contributed by atoms with Crippen LogP contribution in [-0.4, -0.2) is 23.6 Å². The topological polar surface area (TPSA) is 49.4 Å². The molecule has 0 saturated carbocycles. The number of fused-ring (bicyclic) bond motifs is 1. The van der Waals surface area contributed by atoms with E-state index in [0.717, 1.165) is 16.1 Å². The number of nitrogens with zero attached hydrogens (tertiary/aromatic N) is 1. The Morgan fingerprint density at radius 2 is 1.80 bits per heavy atom. The van der Waals surface area contributed by atoms with Crippen LogP contribution in [0.3, 0.4) is 0 Å². The van der Waals surface area contributed by atoms with Crippen LogP contribution in [0.15, 0.2) is 59.5 Å². The summed E-state index contributed by atoms with van der Waals surface area (Å²) in [6.45, 7) is 3.30. The summed E-state index contributed by atoms with van der Waals surface area (Å²) >= 11 is 1.79. The Labute approximate surface area is 152 Å². The molecule has 1 N–H and O–H groups in total. The van der Waals surface area contributed by atoms with Gasteiger partial charge in [-0.15, -0.1) is 11.8 Å². The van der Waals surface area contributed by atoms with Crippen LogP contribution in [0.5, 0.6) is 0 Å². The number of para-hydroxylation sites is 1. The predicted octanol–water partition coefficient (Wildman–Crippen LogP) is 3.61. The van der Waals surface area contributed by atoms with Crippen molar-refractivity contribution in [3.63, 3.8) is 0 Å². The Bertz CT molecular complexity index is 748. The first-order valence-corrected chi connectivity index (χ1v) is 9.38. The summed E-state index contributed by atoms with van der Waals surface area (Å²) < 4.78 is 0. The van der Waals surface area contributed by atoms with E-state index in [1.54, 1.807) is 11.8 Å². The third-order valence-electron chi connectivity index (χ3n) is 4.12. The molecule has 4 nitrogen and oxygen atoms in total. The molecular weight excluding hydrogens is 332 g/mol. The smallest absolute Gasteiger partial charge is 0.227 e. The minimum absolute atomic E-state index is 0.00876. The van der Waals surface area contributed by atoms with E-state index >= 15 is 0 Å². The van der Waals surface area contributed by atoms with E-state index in [4.69, 9.17) is 0 Å². The van der Waals surface area contributed by atoms with Gasteiger partial charge in [0.2, 0.25) is 11.8 Å². The van der Waals surface area contributed by atoms with Crippen LogP contribution in [0.25, 0.3) is 0 Å². The van der Waals surface area contributed by atoms with Crippen molar-refractivity contribution in [1.82, 2.24) is 5.32 Å². The average Bonchev–Trinajstić information content (AvgIpc) is 2.64. The van der Waals surface area contributed by atoms with Crippen LogP contribution >= 0.6 is 11.8 Å². The molecule has 25 heavy (non-hydrogen) atoms. The fraction of sp³-hybridized carbons (Fsp3) is 0.300. The molecule has 0 unspecified atom stereocenters. The minimum atomic E-state index is -0.0927. The van der Waals surface area contributed by atoms with Crippen molar-refractivity contribution in [3.8, 4) is 0 Å². The lowest BCUT2D eigenvalue weighted by atomic mass is 10.2. The highest BCUT2D eigenvalue weighted by atomic mass is 32.2. The number of hydrogen-bond donors (Lipinski definition) is 1. The molecule has 2 aromatic rings. The van der Waals surface area contributed by atoms with Crippen LogP contribution < -0.4 is 10.2 Å². The molecule has 0 radical (unpaired) electrons. The van der Waals surface area contributed by atoms with Crippen LogP contribution in [-0.2, 0) is 16.1 Å². The van der Waals surface area contributed by atoms with E-state index in [-0.39, 0.29) is 24.7 Å². The van der Waals surface area contributed by atoms with Gasteiger partial charge < -0.3 is 10.2 Å². The fourth-order valence-electron chi connectivity index (χ4n) is 2.87. The van der Waals surface area contributed by atoms with Crippen molar-refractivity contribution in [3.05, 3.63) is 60.2 Å². The van der Waals surface area contributed by atoms with Gasteiger partial charge in [-0.25, -0.2) is 0 Å². The molecule has 3 rings (SSSR count). The molecule has 0 fully saturated rings. The summed E-state index contributed by atoms with van der Waals surface area (Å²) in [4.78, 5) is 27.6. The first kappa shape index (κ1) is 17.5. The Hall–Kier alpha value is -2.27. The summed E-state index contributed by atoms with van der Waals surface area (Å²) in [6, 6.07) is 17.7. The summed E-state index contributed by atoms with van der Waals surface area (Å²) in [5, 5.41) is 3.22. The number of thioether (sulfide) groups is 1. The fourth-order valence-corrected chi connectivity index (χ4v) is 3.98. The second-order valence-corrected chi connectivity index (χ2v) is 7.64. The van der Waals surface area contributed by atoms with Gasteiger partial charge in [0.1, 0.15) is 0 Å². The summed E-state index contributed by atoms with van der Waals surface area (Å²) in [7, 11) is 0. The van der Waals surface area contributed by atoms with Crippen molar-refractivity contribution in [2.24, 2.45) is 0 Å². The summed E-state index contributed by atoms with van der Waals surface area (Å²) in [6.07, 6.45) is 0.443. The molecule has 0 aliphatic carbocycles. The highest BCUT2D eigenvalue weighted by Crippen LogP contribution is 2.38. The molecule has 1 aliphatic rings. The molecule has 0 aromatic heterocycles. The third kappa shape index (κ3) is 4.63. The number of carbonyl (C=O) groups is 2. The summed E-state index contributed by atoms with van der Waals surface area (Å²) in [5.74, 6) is -0.0839. The van der Waals surface area contributed by atoms with Gasteiger partial charge in [-0.2, -0.15) is 0 Å². The maximum Gasteiger partial charge on any atom is 0.227 e. The number of anilines is 1. The molecule has 2 aromatic carbocycles. The lowest BCUT2D eigenvalue weighted by Crippen LogP contribution is -2.39. The van der Waals surface area contributed by atoms with Gasteiger partial charge in [0.15, 0.2) is 0 Å². The SMILES string of the molecule is C[C@@H]1CN(C(=O)CCC(=O)NCc2ccccc2)c2ccccc2S1. The highest BCUT2D eigenvalue weighted by molar-refractivity contribution is 8.00. The van der Waals surface area contributed by atoms with Gasteiger partial charge in [-0.3, -0.25) is 9.59 Å². The molecular formula is C20H22N2O2S. The van der Waals surface area contributed by atoms with E-state index in [0.29, 0.717) is 18.3 Å². The second kappa shape index (κ2) is 8.21. The normalized spacial score (nSPS) is 16.2. The van der Waals surface area contributed by atoms with Crippen molar-refractivity contribution in [2.75, 3.05) is 11.4 Å². The lowest BCUT2D eigenvalue weighted by molar-refractivity contribution is -0.125. The van der Waals surface area contributed by atoms with Crippen molar-refractivity contribution >= 4 is 29.3 Å². The molecule has 1 aliphatic heterocycles. The van der Waals surface area contributed by atoms with Crippen molar-refractivity contribution in [1.29, 1.82) is 0 Å². The zero-order chi connectivity index (χ0) is 17.6. The molecule has 5 heteroatoms. The van der Waals surface area contributed by atoms with E-state index in [9.17, 15) is 9.59 Å². The van der Waals surface area contributed by atoms with Gasteiger partial charge in [-0.05, 0) is 17.7 Å². The average molecular weight is 354 g/mol. The molecule has 130 valence electrons. The first-order chi connectivity index (χ1) is 12.1. The largest absolute Gasteiger partial charge is 0.352 e. The first-order valence-electron chi connectivity index (χ1n) is 8.50. The van der Waals surface area contributed by atoms with Crippen molar-refractivity contribution in [2.45, 2.75) is 36.5 Å². The zero-order valence-electron chi connectivity index (χ0n) is 14.3. The van der Waals surface area contributed by atoms with Crippen LogP contribution in [0.1, 0.15) is 25.3 Å². The number of amides is 2. The van der Waals surface area contributed by atoms with E-state index in [2.05, 4.69) is 12.2 Å². The molecule has 0 spiro atoms. The Kier molecular flexibility index (Phi) is 5.76. The molecule has 1 atom stereocenters. The van der Waals surface area contributed by atoms with Crippen LogP contribution in [0.2, 0.25) is 0 Å². The van der Waals surface area contributed by atoms with Gasteiger partial charge in [-0.1, -0.05) is 49.4 Å². The maximum absolute atomic E-state index is 12.6. The van der Waals surface area contributed by atoms with E-state index < -0.39 is 0 Å². The third-order valence-corrected chi connectivity index (χ3v) is 5.27. The molecule has 1 heterocycles. The maximum atomic E-state index is 12.6.